The van der Waals surface area contributed by atoms with Crippen molar-refractivity contribution in [1.29, 1.82) is 0 Å². The zero-order valence-electron chi connectivity index (χ0n) is 16.7. The molecule has 0 bridgehead atoms. The molecule has 4 heterocycles. The lowest BCUT2D eigenvalue weighted by Gasteiger charge is -2.37. The van der Waals surface area contributed by atoms with Crippen LogP contribution in [0.4, 0.5) is 0 Å². The lowest BCUT2D eigenvalue weighted by molar-refractivity contribution is -0.142. The summed E-state index contributed by atoms with van der Waals surface area (Å²) in [5, 5.41) is 1.76. The largest absolute Gasteiger partial charge is 0.342 e. The maximum atomic E-state index is 13.1. The summed E-state index contributed by atoms with van der Waals surface area (Å²) in [6.45, 7) is 3.65. The van der Waals surface area contributed by atoms with Crippen molar-refractivity contribution >= 4 is 33.2 Å². The molecule has 3 fully saturated rings. The lowest BCUT2D eigenvalue weighted by atomic mass is 9.92. The van der Waals surface area contributed by atoms with E-state index in [9.17, 15) is 18.0 Å². The van der Waals surface area contributed by atoms with E-state index in [1.807, 2.05) is 9.80 Å². The Labute approximate surface area is 176 Å². The molecule has 2 amide bonds. The van der Waals surface area contributed by atoms with Crippen LogP contribution in [0, 0.1) is 11.8 Å². The second-order valence-electron chi connectivity index (χ2n) is 8.27. The van der Waals surface area contributed by atoms with Gasteiger partial charge in [-0.15, -0.1) is 11.3 Å². The van der Waals surface area contributed by atoms with E-state index in [4.69, 9.17) is 0 Å². The number of nitrogens with zero attached hydrogens (tertiary/aromatic N) is 3. The van der Waals surface area contributed by atoms with Gasteiger partial charge in [0.25, 0.3) is 10.0 Å². The first kappa shape index (κ1) is 20.8. The number of sulfonamides is 1. The summed E-state index contributed by atoms with van der Waals surface area (Å²) in [5.74, 6) is 0.0344. The summed E-state index contributed by atoms with van der Waals surface area (Å²) < 4.78 is 27.4. The van der Waals surface area contributed by atoms with Gasteiger partial charge < -0.3 is 9.80 Å². The van der Waals surface area contributed by atoms with Crippen LogP contribution in [0.5, 0.6) is 0 Å². The van der Waals surface area contributed by atoms with E-state index in [0.717, 1.165) is 32.4 Å². The van der Waals surface area contributed by atoms with Gasteiger partial charge in [-0.05, 0) is 50.0 Å². The molecule has 3 aliphatic rings. The fourth-order valence-electron chi connectivity index (χ4n) is 4.70. The zero-order chi connectivity index (χ0) is 20.4. The van der Waals surface area contributed by atoms with Crippen molar-refractivity contribution in [3.8, 4) is 0 Å². The maximum absolute atomic E-state index is 13.1. The second-order valence-corrected chi connectivity index (χ2v) is 11.4. The van der Waals surface area contributed by atoms with Crippen LogP contribution in [-0.2, 0) is 19.6 Å². The number of thiophene rings is 1. The van der Waals surface area contributed by atoms with Gasteiger partial charge >= 0.3 is 0 Å². The molecule has 29 heavy (non-hydrogen) atoms. The third-order valence-corrected chi connectivity index (χ3v) is 9.63. The van der Waals surface area contributed by atoms with E-state index in [-0.39, 0.29) is 30.2 Å². The molecular weight excluding hydrogens is 410 g/mol. The molecule has 0 saturated carbocycles. The van der Waals surface area contributed by atoms with Gasteiger partial charge in [0, 0.05) is 45.2 Å². The van der Waals surface area contributed by atoms with Crippen LogP contribution < -0.4 is 0 Å². The molecule has 0 aliphatic carbocycles. The normalized spacial score (nSPS) is 24.8. The van der Waals surface area contributed by atoms with Crippen molar-refractivity contribution in [2.75, 3.05) is 39.3 Å². The Hall–Kier alpha value is -1.45. The van der Waals surface area contributed by atoms with Crippen LogP contribution in [0.2, 0.25) is 0 Å². The average molecular weight is 440 g/mol. The molecule has 9 heteroatoms. The number of carbonyl (C=O) groups is 2. The Kier molecular flexibility index (Phi) is 6.27. The van der Waals surface area contributed by atoms with E-state index >= 15 is 0 Å². The third-order valence-electron chi connectivity index (χ3n) is 6.40. The van der Waals surface area contributed by atoms with Crippen LogP contribution in [0.25, 0.3) is 0 Å². The van der Waals surface area contributed by atoms with Crippen molar-refractivity contribution in [2.45, 2.75) is 42.7 Å². The maximum Gasteiger partial charge on any atom is 0.252 e. The predicted octanol–water partition coefficient (Wildman–Crippen LogP) is 2.01. The van der Waals surface area contributed by atoms with Crippen molar-refractivity contribution < 1.29 is 18.0 Å². The van der Waals surface area contributed by atoms with E-state index in [1.165, 1.54) is 15.6 Å². The topological polar surface area (TPSA) is 78.0 Å². The van der Waals surface area contributed by atoms with Gasteiger partial charge in [-0.3, -0.25) is 9.59 Å². The molecule has 3 saturated heterocycles. The zero-order valence-corrected chi connectivity index (χ0v) is 18.3. The summed E-state index contributed by atoms with van der Waals surface area (Å²) in [5.41, 5.74) is 0. The molecule has 3 aliphatic heterocycles. The number of hydrogen-bond acceptors (Lipinski definition) is 5. The van der Waals surface area contributed by atoms with Crippen molar-refractivity contribution in [3.63, 3.8) is 0 Å². The van der Waals surface area contributed by atoms with E-state index in [0.29, 0.717) is 43.1 Å². The summed E-state index contributed by atoms with van der Waals surface area (Å²) >= 11 is 1.21. The van der Waals surface area contributed by atoms with Gasteiger partial charge in [-0.25, -0.2) is 8.42 Å². The molecular formula is C20H29N3O4S2. The highest BCUT2D eigenvalue weighted by Gasteiger charge is 2.37. The van der Waals surface area contributed by atoms with Gasteiger partial charge in [0.15, 0.2) is 0 Å². The fourth-order valence-corrected chi connectivity index (χ4v) is 7.37. The molecule has 1 aromatic rings. The van der Waals surface area contributed by atoms with E-state index in [1.54, 1.807) is 17.5 Å². The van der Waals surface area contributed by atoms with Gasteiger partial charge in [-0.2, -0.15) is 4.31 Å². The first-order chi connectivity index (χ1) is 14.0. The quantitative estimate of drug-likeness (QED) is 0.719. The first-order valence-electron chi connectivity index (χ1n) is 10.6. The molecule has 1 unspecified atom stereocenters. The number of hydrogen-bond donors (Lipinski definition) is 0. The minimum atomic E-state index is -3.51. The molecule has 0 aromatic carbocycles. The SMILES string of the molecule is O=C(C1CCN(C(=O)C2CCCN(S(=O)(=O)c3cccs3)C2)CC1)N1CCCC1. The van der Waals surface area contributed by atoms with Crippen LogP contribution >= 0.6 is 11.3 Å². The van der Waals surface area contributed by atoms with Crippen LogP contribution in [0.1, 0.15) is 38.5 Å². The third kappa shape index (κ3) is 4.36. The van der Waals surface area contributed by atoms with Gasteiger partial charge in [0.2, 0.25) is 11.8 Å². The Bertz CT molecular complexity index is 826. The molecule has 0 spiro atoms. The van der Waals surface area contributed by atoms with Crippen LogP contribution in [0.15, 0.2) is 21.7 Å². The molecule has 160 valence electrons. The second kappa shape index (κ2) is 8.73. The number of rotatable bonds is 4. The highest BCUT2D eigenvalue weighted by molar-refractivity contribution is 7.91. The Balaban J connectivity index is 1.33. The Morgan fingerprint density at radius 3 is 2.17 bits per heavy atom. The number of carbonyl (C=O) groups excluding carboxylic acids is 2. The van der Waals surface area contributed by atoms with E-state index < -0.39 is 10.0 Å². The lowest BCUT2D eigenvalue weighted by Crippen LogP contribution is -2.49. The summed E-state index contributed by atoms with van der Waals surface area (Å²) in [4.78, 5) is 29.5. The molecule has 4 rings (SSSR count). The summed E-state index contributed by atoms with van der Waals surface area (Å²) in [6, 6.07) is 3.35. The van der Waals surface area contributed by atoms with E-state index in [2.05, 4.69) is 0 Å². The minimum Gasteiger partial charge on any atom is -0.342 e. The summed E-state index contributed by atoms with van der Waals surface area (Å²) in [7, 11) is -3.51. The van der Waals surface area contributed by atoms with Crippen LogP contribution in [0.3, 0.4) is 0 Å². The Morgan fingerprint density at radius 2 is 1.52 bits per heavy atom. The van der Waals surface area contributed by atoms with Crippen molar-refractivity contribution in [2.24, 2.45) is 11.8 Å². The smallest absolute Gasteiger partial charge is 0.252 e. The monoisotopic (exact) mass is 439 g/mol. The van der Waals surface area contributed by atoms with Gasteiger partial charge in [0.05, 0.1) is 5.92 Å². The fraction of sp³-hybridized carbons (Fsp3) is 0.700. The highest BCUT2D eigenvalue weighted by Crippen LogP contribution is 2.29. The average Bonchev–Trinajstić information content (AvgIpc) is 3.47. The van der Waals surface area contributed by atoms with Gasteiger partial charge in [-0.1, -0.05) is 6.07 Å². The highest BCUT2D eigenvalue weighted by atomic mass is 32.2. The number of piperidine rings is 2. The molecule has 0 N–H and O–H groups in total. The first-order valence-corrected chi connectivity index (χ1v) is 12.9. The molecule has 7 nitrogen and oxygen atoms in total. The van der Waals surface area contributed by atoms with Crippen molar-refractivity contribution in [3.05, 3.63) is 17.5 Å². The predicted molar refractivity (Wildman–Crippen MR) is 111 cm³/mol. The minimum absolute atomic E-state index is 0.0270. The molecule has 1 aromatic heterocycles. The summed E-state index contributed by atoms with van der Waals surface area (Å²) in [6.07, 6.45) is 5.04. The van der Waals surface area contributed by atoms with Gasteiger partial charge in [0.1, 0.15) is 4.21 Å². The number of amides is 2. The Morgan fingerprint density at radius 1 is 0.862 bits per heavy atom. The van der Waals surface area contributed by atoms with Crippen molar-refractivity contribution in [1.82, 2.24) is 14.1 Å². The molecule has 1 atom stereocenters. The number of likely N-dealkylation sites (tertiary alicyclic amines) is 2. The standard InChI is InChI=1S/C20H29N3O4S2/c24-19(21-9-1-2-10-21)16-7-12-22(13-8-16)20(25)17-5-3-11-23(15-17)29(26,27)18-6-4-14-28-18/h4,6,14,16-17H,1-3,5,7-13,15H2. The van der Waals surface area contributed by atoms with Crippen LogP contribution in [-0.4, -0.2) is 73.6 Å². The molecule has 0 radical (unpaired) electrons.